The van der Waals surface area contributed by atoms with Crippen LogP contribution in [0.5, 0.6) is 5.75 Å². The molecule has 0 aliphatic heterocycles. The van der Waals surface area contributed by atoms with Crippen molar-refractivity contribution in [1.29, 1.82) is 0 Å². The quantitative estimate of drug-likeness (QED) is 0.712. The van der Waals surface area contributed by atoms with Crippen LogP contribution in [0.3, 0.4) is 0 Å². The number of benzene rings is 3. The molecule has 0 amide bonds. The fraction of sp³-hybridized carbons (Fsp3) is 0.217. The monoisotopic (exact) mass is 329 g/mol. The molecule has 3 aromatic carbocycles. The maximum Gasteiger partial charge on any atom is 0.118 e. The Kier molecular flexibility index (Phi) is 4.29. The van der Waals surface area contributed by atoms with E-state index in [1.807, 2.05) is 12.1 Å². The van der Waals surface area contributed by atoms with E-state index >= 15 is 0 Å². The van der Waals surface area contributed by atoms with Crippen LogP contribution in [0.4, 0.5) is 0 Å². The van der Waals surface area contributed by atoms with E-state index in [2.05, 4.69) is 72.9 Å². The lowest BCUT2D eigenvalue weighted by Crippen LogP contribution is -2.31. The lowest BCUT2D eigenvalue weighted by molar-refractivity contribution is 0.414. The molecule has 3 aromatic rings. The summed E-state index contributed by atoms with van der Waals surface area (Å²) < 4.78 is 5.24. The number of nitrogens with one attached hydrogen (secondary N) is 1. The first kappa shape index (κ1) is 15.9. The second-order valence-corrected chi connectivity index (χ2v) is 6.73. The van der Waals surface area contributed by atoms with Gasteiger partial charge in [0.1, 0.15) is 5.75 Å². The highest BCUT2D eigenvalue weighted by Gasteiger charge is 2.28. The molecule has 126 valence electrons. The summed E-state index contributed by atoms with van der Waals surface area (Å²) >= 11 is 0. The van der Waals surface area contributed by atoms with E-state index in [1.165, 1.54) is 27.8 Å². The van der Waals surface area contributed by atoms with Gasteiger partial charge in [0, 0.05) is 6.04 Å². The second-order valence-electron chi connectivity index (χ2n) is 6.73. The van der Waals surface area contributed by atoms with Gasteiger partial charge in [-0.05, 0) is 53.3 Å². The minimum absolute atomic E-state index is 0.264. The summed E-state index contributed by atoms with van der Waals surface area (Å²) in [5.74, 6) is 0.906. The average molecular weight is 329 g/mol. The van der Waals surface area contributed by atoms with E-state index < -0.39 is 0 Å². The minimum Gasteiger partial charge on any atom is -0.497 e. The summed E-state index contributed by atoms with van der Waals surface area (Å²) in [4.78, 5) is 0. The standard InChI is InChI=1S/C23H23NO/c1-16(15-17-11-13-18(25-2)14-12-17)24-23-21-9-5-3-7-19(21)20-8-4-6-10-22(20)23/h3-14,16,23-24H,15H2,1-2H3/t16-/m1/s1. The van der Waals surface area contributed by atoms with Crippen LogP contribution in [0, 0.1) is 0 Å². The Bertz CT molecular complexity index is 824. The molecule has 0 fully saturated rings. The van der Waals surface area contributed by atoms with Crippen molar-refractivity contribution >= 4 is 0 Å². The van der Waals surface area contributed by atoms with Gasteiger partial charge < -0.3 is 10.1 Å². The molecule has 25 heavy (non-hydrogen) atoms. The molecule has 2 nitrogen and oxygen atoms in total. The maximum atomic E-state index is 5.24. The van der Waals surface area contributed by atoms with Gasteiger partial charge in [0.2, 0.25) is 0 Å². The van der Waals surface area contributed by atoms with E-state index in [9.17, 15) is 0 Å². The molecule has 0 heterocycles. The van der Waals surface area contributed by atoms with Crippen molar-refractivity contribution in [2.24, 2.45) is 0 Å². The Labute approximate surface area is 149 Å². The zero-order valence-corrected chi connectivity index (χ0v) is 14.7. The molecule has 1 atom stereocenters. The van der Waals surface area contributed by atoms with Crippen LogP contribution >= 0.6 is 0 Å². The van der Waals surface area contributed by atoms with E-state index in [4.69, 9.17) is 4.74 Å². The number of rotatable bonds is 5. The molecule has 0 bridgehead atoms. The van der Waals surface area contributed by atoms with Gasteiger partial charge in [0.05, 0.1) is 13.2 Å². The normalized spacial score (nSPS) is 14.0. The third-order valence-electron chi connectivity index (χ3n) is 4.99. The van der Waals surface area contributed by atoms with Gasteiger partial charge in [-0.1, -0.05) is 60.7 Å². The van der Waals surface area contributed by atoms with Crippen LogP contribution in [0.25, 0.3) is 11.1 Å². The molecule has 2 heteroatoms. The van der Waals surface area contributed by atoms with Crippen LogP contribution in [0.2, 0.25) is 0 Å². The molecule has 4 rings (SSSR count). The third kappa shape index (κ3) is 3.06. The van der Waals surface area contributed by atoms with Crippen molar-refractivity contribution in [2.45, 2.75) is 25.4 Å². The summed E-state index contributed by atoms with van der Waals surface area (Å²) in [6.45, 7) is 2.26. The molecule has 1 N–H and O–H groups in total. The minimum atomic E-state index is 0.264. The van der Waals surface area contributed by atoms with Crippen molar-refractivity contribution in [3.63, 3.8) is 0 Å². The van der Waals surface area contributed by atoms with E-state index in [1.54, 1.807) is 7.11 Å². The molecule has 0 spiro atoms. The fourth-order valence-corrected chi connectivity index (χ4v) is 3.79. The van der Waals surface area contributed by atoms with Gasteiger partial charge in [0.15, 0.2) is 0 Å². The molecule has 0 aromatic heterocycles. The molecular formula is C23H23NO. The number of fused-ring (bicyclic) bond motifs is 3. The summed E-state index contributed by atoms with van der Waals surface area (Å²) in [5.41, 5.74) is 6.79. The van der Waals surface area contributed by atoms with Crippen molar-refractivity contribution in [2.75, 3.05) is 7.11 Å². The fourth-order valence-electron chi connectivity index (χ4n) is 3.79. The summed E-state index contributed by atoms with van der Waals surface area (Å²) in [6.07, 6.45) is 0.991. The Hall–Kier alpha value is -2.58. The van der Waals surface area contributed by atoms with Gasteiger partial charge in [-0.2, -0.15) is 0 Å². The molecule has 0 unspecified atom stereocenters. The molecule has 0 saturated heterocycles. The zero-order chi connectivity index (χ0) is 17.2. The number of hydrogen-bond acceptors (Lipinski definition) is 2. The predicted molar refractivity (Wildman–Crippen MR) is 103 cm³/mol. The summed E-state index contributed by atoms with van der Waals surface area (Å²) in [7, 11) is 1.70. The molecule has 1 aliphatic carbocycles. The SMILES string of the molecule is COc1ccc(C[C@@H](C)NC2c3ccccc3-c3ccccc32)cc1. The van der Waals surface area contributed by atoms with Gasteiger partial charge in [-0.15, -0.1) is 0 Å². The zero-order valence-electron chi connectivity index (χ0n) is 14.7. The van der Waals surface area contributed by atoms with Crippen molar-refractivity contribution in [3.05, 3.63) is 89.5 Å². The Morgan fingerprint density at radius 2 is 1.40 bits per heavy atom. The smallest absolute Gasteiger partial charge is 0.118 e. The Morgan fingerprint density at radius 3 is 1.96 bits per heavy atom. The van der Waals surface area contributed by atoms with Crippen LogP contribution in [-0.4, -0.2) is 13.2 Å². The Morgan fingerprint density at radius 1 is 0.840 bits per heavy atom. The highest BCUT2D eigenvalue weighted by molar-refractivity contribution is 5.78. The van der Waals surface area contributed by atoms with Crippen LogP contribution in [0.1, 0.15) is 29.7 Å². The average Bonchev–Trinajstić information content (AvgIpc) is 2.97. The number of methoxy groups -OCH3 is 1. The van der Waals surface area contributed by atoms with E-state index in [-0.39, 0.29) is 6.04 Å². The molecule has 1 aliphatic rings. The molecule has 0 saturated carbocycles. The summed E-state index contributed by atoms with van der Waals surface area (Å²) in [6, 6.07) is 26.4. The van der Waals surface area contributed by atoms with E-state index in [0.29, 0.717) is 6.04 Å². The van der Waals surface area contributed by atoms with Gasteiger partial charge in [0.25, 0.3) is 0 Å². The lowest BCUT2D eigenvalue weighted by atomic mass is 10.0. The van der Waals surface area contributed by atoms with Gasteiger partial charge in [-0.3, -0.25) is 0 Å². The van der Waals surface area contributed by atoms with Crippen molar-refractivity contribution in [3.8, 4) is 16.9 Å². The Balaban J connectivity index is 1.55. The first-order chi connectivity index (χ1) is 12.3. The van der Waals surface area contributed by atoms with Crippen molar-refractivity contribution < 1.29 is 4.74 Å². The largest absolute Gasteiger partial charge is 0.497 e. The number of hydrogen-bond donors (Lipinski definition) is 1. The first-order valence-corrected chi connectivity index (χ1v) is 8.83. The van der Waals surface area contributed by atoms with Crippen LogP contribution in [-0.2, 0) is 6.42 Å². The highest BCUT2D eigenvalue weighted by atomic mass is 16.5. The lowest BCUT2D eigenvalue weighted by Gasteiger charge is -2.22. The molecular weight excluding hydrogens is 306 g/mol. The first-order valence-electron chi connectivity index (χ1n) is 8.83. The van der Waals surface area contributed by atoms with Crippen LogP contribution in [0.15, 0.2) is 72.8 Å². The van der Waals surface area contributed by atoms with Crippen LogP contribution < -0.4 is 10.1 Å². The number of ether oxygens (including phenoxy) is 1. The van der Waals surface area contributed by atoms with Gasteiger partial charge >= 0.3 is 0 Å². The van der Waals surface area contributed by atoms with Crippen molar-refractivity contribution in [1.82, 2.24) is 5.32 Å². The van der Waals surface area contributed by atoms with Gasteiger partial charge in [-0.25, -0.2) is 0 Å². The molecule has 0 radical (unpaired) electrons. The summed E-state index contributed by atoms with van der Waals surface area (Å²) in [5, 5.41) is 3.84. The van der Waals surface area contributed by atoms with E-state index in [0.717, 1.165) is 12.2 Å². The second kappa shape index (κ2) is 6.73. The highest BCUT2D eigenvalue weighted by Crippen LogP contribution is 2.43. The predicted octanol–water partition coefficient (Wildman–Crippen LogP) is 4.99. The third-order valence-corrected chi connectivity index (χ3v) is 4.99. The topological polar surface area (TPSA) is 21.3 Å². The maximum absolute atomic E-state index is 5.24.